The Bertz CT molecular complexity index is 255. The third-order valence-corrected chi connectivity index (χ3v) is 2.30. The first-order valence-corrected chi connectivity index (χ1v) is 4.74. The van der Waals surface area contributed by atoms with Gasteiger partial charge in [-0.1, -0.05) is 17.7 Å². The number of hydrogen-bond donors (Lipinski definition) is 2. The number of phenols is 1. The molecule has 3 heteroatoms. The van der Waals surface area contributed by atoms with Crippen LogP contribution >= 0.6 is 11.6 Å². The van der Waals surface area contributed by atoms with Crippen molar-refractivity contribution in [3.05, 3.63) is 28.8 Å². The Morgan fingerprint density at radius 1 is 1.46 bits per heavy atom. The molecule has 0 radical (unpaired) electrons. The van der Waals surface area contributed by atoms with Crippen molar-refractivity contribution in [1.29, 1.82) is 0 Å². The summed E-state index contributed by atoms with van der Waals surface area (Å²) >= 11 is 5.93. The molecule has 2 nitrogen and oxygen atoms in total. The Morgan fingerprint density at radius 3 is 2.85 bits per heavy atom. The lowest BCUT2D eigenvalue weighted by Gasteiger charge is -2.05. The van der Waals surface area contributed by atoms with Crippen LogP contribution in [0.25, 0.3) is 0 Å². The van der Waals surface area contributed by atoms with Gasteiger partial charge in [0.2, 0.25) is 0 Å². The smallest absolute Gasteiger partial charge is 0.120 e. The molecule has 0 atom stereocenters. The van der Waals surface area contributed by atoms with Gasteiger partial charge in [0.25, 0.3) is 0 Å². The van der Waals surface area contributed by atoms with E-state index in [2.05, 4.69) is 5.32 Å². The van der Waals surface area contributed by atoms with Crippen LogP contribution in [0.1, 0.15) is 12.0 Å². The maximum atomic E-state index is 9.49. The van der Waals surface area contributed by atoms with Crippen molar-refractivity contribution >= 4 is 11.6 Å². The van der Waals surface area contributed by atoms with Gasteiger partial charge < -0.3 is 10.4 Å². The third kappa shape index (κ3) is 2.90. The van der Waals surface area contributed by atoms with Crippen LogP contribution < -0.4 is 5.32 Å². The van der Waals surface area contributed by atoms with Gasteiger partial charge in [-0.05, 0) is 38.6 Å². The number of benzene rings is 1. The summed E-state index contributed by atoms with van der Waals surface area (Å²) in [5, 5.41) is 13.2. The predicted octanol–water partition coefficient (Wildman–Crippen LogP) is 2.20. The molecule has 13 heavy (non-hydrogen) atoms. The molecule has 0 aromatic heterocycles. The Labute approximate surface area is 83.5 Å². The summed E-state index contributed by atoms with van der Waals surface area (Å²) in [6.45, 7) is 0.935. The molecule has 0 aliphatic rings. The van der Waals surface area contributed by atoms with Crippen molar-refractivity contribution in [3.63, 3.8) is 0 Å². The van der Waals surface area contributed by atoms with Crippen LogP contribution in [0.15, 0.2) is 18.2 Å². The number of halogens is 1. The highest BCUT2D eigenvalue weighted by Gasteiger charge is 2.04. The molecule has 0 saturated carbocycles. The zero-order valence-electron chi connectivity index (χ0n) is 7.68. The van der Waals surface area contributed by atoms with E-state index in [0.29, 0.717) is 10.8 Å². The molecule has 0 aliphatic heterocycles. The first-order chi connectivity index (χ1) is 6.25. The summed E-state index contributed by atoms with van der Waals surface area (Å²) in [5.41, 5.74) is 0.847. The molecule has 72 valence electrons. The minimum absolute atomic E-state index is 0.295. The highest BCUT2D eigenvalue weighted by molar-refractivity contribution is 6.31. The monoisotopic (exact) mass is 199 g/mol. The molecule has 0 bridgehead atoms. The molecule has 0 spiro atoms. The van der Waals surface area contributed by atoms with Gasteiger partial charge in [0.15, 0.2) is 0 Å². The molecule has 0 aliphatic carbocycles. The van der Waals surface area contributed by atoms with Gasteiger partial charge >= 0.3 is 0 Å². The topological polar surface area (TPSA) is 32.3 Å². The van der Waals surface area contributed by atoms with Crippen LogP contribution in [-0.4, -0.2) is 18.7 Å². The predicted molar refractivity (Wildman–Crippen MR) is 55.4 cm³/mol. The van der Waals surface area contributed by atoms with Crippen molar-refractivity contribution in [2.24, 2.45) is 0 Å². The Morgan fingerprint density at radius 2 is 2.23 bits per heavy atom. The zero-order valence-corrected chi connectivity index (χ0v) is 8.43. The molecule has 0 unspecified atom stereocenters. The Kier molecular flexibility index (Phi) is 4.06. The first kappa shape index (κ1) is 10.4. The molecule has 1 aromatic rings. The molecular formula is C10H14ClNO. The number of nitrogens with one attached hydrogen (secondary N) is 1. The van der Waals surface area contributed by atoms with E-state index in [0.717, 1.165) is 24.9 Å². The van der Waals surface area contributed by atoms with Gasteiger partial charge in [0, 0.05) is 10.6 Å². The first-order valence-electron chi connectivity index (χ1n) is 4.36. The van der Waals surface area contributed by atoms with Gasteiger partial charge in [0.1, 0.15) is 5.75 Å². The molecule has 1 rings (SSSR count). The highest BCUT2D eigenvalue weighted by Crippen LogP contribution is 2.26. The van der Waals surface area contributed by atoms with Gasteiger partial charge in [-0.3, -0.25) is 0 Å². The number of rotatable bonds is 4. The minimum Gasteiger partial charge on any atom is -0.508 e. The van der Waals surface area contributed by atoms with E-state index in [-0.39, 0.29) is 0 Å². The molecule has 0 saturated heterocycles. The van der Waals surface area contributed by atoms with Gasteiger partial charge in [-0.2, -0.15) is 0 Å². The maximum Gasteiger partial charge on any atom is 0.120 e. The Hall–Kier alpha value is -0.730. The summed E-state index contributed by atoms with van der Waals surface area (Å²) in [6, 6.07) is 5.22. The fourth-order valence-corrected chi connectivity index (χ4v) is 1.50. The van der Waals surface area contributed by atoms with Crippen molar-refractivity contribution in [1.82, 2.24) is 5.32 Å². The van der Waals surface area contributed by atoms with Crippen LogP contribution in [0.5, 0.6) is 5.75 Å². The lowest BCUT2D eigenvalue weighted by molar-refractivity contribution is 0.467. The molecule has 0 heterocycles. The van der Waals surface area contributed by atoms with E-state index >= 15 is 0 Å². The van der Waals surface area contributed by atoms with Crippen LogP contribution in [0.3, 0.4) is 0 Å². The fourth-order valence-electron chi connectivity index (χ4n) is 1.24. The van der Waals surface area contributed by atoms with E-state index in [1.807, 2.05) is 7.05 Å². The minimum atomic E-state index is 0.295. The highest BCUT2D eigenvalue weighted by atomic mass is 35.5. The average Bonchev–Trinajstić information content (AvgIpc) is 2.10. The lowest BCUT2D eigenvalue weighted by atomic mass is 10.1. The normalized spacial score (nSPS) is 10.3. The molecule has 0 fully saturated rings. The summed E-state index contributed by atoms with van der Waals surface area (Å²) in [4.78, 5) is 0. The van der Waals surface area contributed by atoms with Crippen molar-refractivity contribution in [3.8, 4) is 5.75 Å². The zero-order chi connectivity index (χ0) is 9.68. The van der Waals surface area contributed by atoms with Crippen LogP contribution in [0, 0.1) is 0 Å². The quantitative estimate of drug-likeness (QED) is 0.729. The third-order valence-electron chi connectivity index (χ3n) is 1.95. The summed E-state index contributed by atoms with van der Waals surface area (Å²) in [7, 11) is 1.91. The van der Waals surface area contributed by atoms with Gasteiger partial charge in [0.05, 0.1) is 0 Å². The van der Waals surface area contributed by atoms with E-state index in [1.165, 1.54) is 0 Å². The van der Waals surface area contributed by atoms with Crippen molar-refractivity contribution < 1.29 is 5.11 Å². The summed E-state index contributed by atoms with van der Waals surface area (Å²) in [6.07, 6.45) is 1.79. The molecule has 2 N–H and O–H groups in total. The average molecular weight is 200 g/mol. The fraction of sp³-hybridized carbons (Fsp3) is 0.400. The number of phenolic OH excluding ortho intramolecular Hbond substituents is 1. The van der Waals surface area contributed by atoms with E-state index in [9.17, 15) is 5.11 Å². The van der Waals surface area contributed by atoms with E-state index in [4.69, 9.17) is 11.6 Å². The summed E-state index contributed by atoms with van der Waals surface area (Å²) < 4.78 is 0. The number of aromatic hydroxyl groups is 1. The van der Waals surface area contributed by atoms with E-state index < -0.39 is 0 Å². The van der Waals surface area contributed by atoms with Crippen LogP contribution in [-0.2, 0) is 6.42 Å². The summed E-state index contributed by atoms with van der Waals surface area (Å²) in [5.74, 6) is 0.295. The number of hydrogen-bond acceptors (Lipinski definition) is 2. The standard InChI is InChI=1S/C10H14ClNO/c1-12-7-3-4-8-9(11)5-2-6-10(8)13/h2,5-6,12-13H,3-4,7H2,1H3. The SMILES string of the molecule is CNCCCc1c(O)cccc1Cl. The van der Waals surface area contributed by atoms with Crippen LogP contribution in [0.2, 0.25) is 5.02 Å². The second kappa shape index (κ2) is 5.10. The molecular weight excluding hydrogens is 186 g/mol. The van der Waals surface area contributed by atoms with Crippen molar-refractivity contribution in [2.45, 2.75) is 12.8 Å². The van der Waals surface area contributed by atoms with E-state index in [1.54, 1.807) is 18.2 Å². The molecule has 1 aromatic carbocycles. The van der Waals surface area contributed by atoms with Gasteiger partial charge in [-0.15, -0.1) is 0 Å². The lowest BCUT2D eigenvalue weighted by Crippen LogP contribution is -2.08. The van der Waals surface area contributed by atoms with Gasteiger partial charge in [-0.25, -0.2) is 0 Å². The molecule has 0 amide bonds. The second-order valence-electron chi connectivity index (χ2n) is 2.94. The Balaban J connectivity index is 2.64. The largest absolute Gasteiger partial charge is 0.508 e. The van der Waals surface area contributed by atoms with Crippen LogP contribution in [0.4, 0.5) is 0 Å². The maximum absolute atomic E-state index is 9.49. The second-order valence-corrected chi connectivity index (χ2v) is 3.35. The van der Waals surface area contributed by atoms with Crippen molar-refractivity contribution in [2.75, 3.05) is 13.6 Å².